The molecule has 1 aliphatic heterocycles. The number of imide groups is 1. The first-order chi connectivity index (χ1) is 17.1. The molecule has 0 spiro atoms. The number of H-pyrrole nitrogens is 1. The molecule has 7 nitrogen and oxygen atoms in total. The van der Waals surface area contributed by atoms with E-state index in [4.69, 9.17) is 0 Å². The van der Waals surface area contributed by atoms with Crippen LogP contribution in [0.25, 0.3) is 21.8 Å². The molecule has 7 heteroatoms. The highest BCUT2D eigenvalue weighted by molar-refractivity contribution is 6.23. The fourth-order valence-corrected chi connectivity index (χ4v) is 4.72. The number of benzene rings is 3. The quantitative estimate of drug-likeness (QED) is 0.376. The molecule has 6 rings (SSSR count). The fourth-order valence-electron chi connectivity index (χ4n) is 4.72. The van der Waals surface area contributed by atoms with E-state index < -0.39 is 23.8 Å². The van der Waals surface area contributed by atoms with E-state index in [2.05, 4.69) is 15.3 Å². The van der Waals surface area contributed by atoms with Crippen molar-refractivity contribution in [1.82, 2.24) is 14.9 Å². The van der Waals surface area contributed by atoms with Gasteiger partial charge in [-0.15, -0.1) is 0 Å². The molecule has 3 amide bonds. The van der Waals surface area contributed by atoms with Crippen LogP contribution in [0.1, 0.15) is 26.3 Å². The van der Waals surface area contributed by atoms with Crippen LogP contribution in [-0.2, 0) is 11.2 Å². The molecule has 1 atom stereocenters. The highest BCUT2D eigenvalue weighted by Crippen LogP contribution is 2.29. The minimum absolute atomic E-state index is 0.166. The number of amides is 3. The number of hydrogen-bond acceptors (Lipinski definition) is 4. The molecule has 1 aliphatic rings. The Balaban J connectivity index is 1.41. The van der Waals surface area contributed by atoms with Crippen LogP contribution in [0.5, 0.6) is 0 Å². The number of rotatable bonds is 5. The lowest BCUT2D eigenvalue weighted by Crippen LogP contribution is -2.48. The molecular formula is C28H20N4O3. The van der Waals surface area contributed by atoms with Crippen molar-refractivity contribution in [3.8, 4) is 0 Å². The van der Waals surface area contributed by atoms with Crippen molar-refractivity contribution in [3.05, 3.63) is 108 Å². The molecule has 3 heterocycles. The Labute approximate surface area is 200 Å². The van der Waals surface area contributed by atoms with E-state index in [9.17, 15) is 14.4 Å². The molecule has 3 aromatic carbocycles. The topological polar surface area (TPSA) is 95.2 Å². The third kappa shape index (κ3) is 3.45. The third-order valence-corrected chi connectivity index (χ3v) is 6.42. The van der Waals surface area contributed by atoms with Crippen molar-refractivity contribution >= 4 is 45.2 Å². The van der Waals surface area contributed by atoms with E-state index in [0.29, 0.717) is 22.3 Å². The average molecular weight is 460 g/mol. The lowest BCUT2D eigenvalue weighted by Gasteiger charge is -2.25. The Bertz CT molecular complexity index is 1600. The molecular weight excluding hydrogens is 440 g/mol. The summed E-state index contributed by atoms with van der Waals surface area (Å²) >= 11 is 0. The first-order valence-corrected chi connectivity index (χ1v) is 11.3. The van der Waals surface area contributed by atoms with Gasteiger partial charge in [-0.05, 0) is 35.9 Å². The van der Waals surface area contributed by atoms with Crippen LogP contribution in [0.2, 0.25) is 0 Å². The van der Waals surface area contributed by atoms with Gasteiger partial charge in [-0.2, -0.15) is 0 Å². The maximum Gasteiger partial charge on any atom is 0.262 e. The van der Waals surface area contributed by atoms with Gasteiger partial charge in [0.25, 0.3) is 11.8 Å². The van der Waals surface area contributed by atoms with Gasteiger partial charge >= 0.3 is 0 Å². The Morgan fingerprint density at radius 1 is 0.886 bits per heavy atom. The van der Waals surface area contributed by atoms with Crippen LogP contribution >= 0.6 is 0 Å². The van der Waals surface area contributed by atoms with E-state index in [-0.39, 0.29) is 6.42 Å². The summed E-state index contributed by atoms with van der Waals surface area (Å²) in [6, 6.07) is 22.6. The molecule has 0 aliphatic carbocycles. The van der Waals surface area contributed by atoms with E-state index in [1.807, 2.05) is 54.7 Å². The zero-order chi connectivity index (χ0) is 23.9. The summed E-state index contributed by atoms with van der Waals surface area (Å²) in [5.74, 6) is -1.40. The number of carbonyl (C=O) groups excluding carboxylic acids is 3. The Morgan fingerprint density at radius 2 is 1.60 bits per heavy atom. The first kappa shape index (κ1) is 20.8. The van der Waals surface area contributed by atoms with Crippen molar-refractivity contribution in [2.24, 2.45) is 0 Å². The van der Waals surface area contributed by atoms with E-state index in [1.165, 1.54) is 0 Å². The predicted molar refractivity (Wildman–Crippen MR) is 133 cm³/mol. The average Bonchev–Trinajstić information content (AvgIpc) is 3.41. The first-order valence-electron chi connectivity index (χ1n) is 11.3. The monoisotopic (exact) mass is 460 g/mol. The molecule has 170 valence electrons. The summed E-state index contributed by atoms with van der Waals surface area (Å²) in [4.78, 5) is 49.1. The number of carbonyl (C=O) groups is 3. The van der Waals surface area contributed by atoms with E-state index >= 15 is 0 Å². The number of aromatic amines is 1. The summed E-state index contributed by atoms with van der Waals surface area (Å²) in [7, 11) is 0. The number of nitrogens with one attached hydrogen (secondary N) is 2. The van der Waals surface area contributed by atoms with Gasteiger partial charge in [0, 0.05) is 35.1 Å². The Hall–Kier alpha value is -4.78. The maximum absolute atomic E-state index is 13.8. The summed E-state index contributed by atoms with van der Waals surface area (Å²) in [6.45, 7) is 0. The third-order valence-electron chi connectivity index (χ3n) is 6.42. The second-order valence-corrected chi connectivity index (χ2v) is 8.48. The van der Waals surface area contributed by atoms with Crippen LogP contribution in [0.3, 0.4) is 0 Å². The van der Waals surface area contributed by atoms with Gasteiger partial charge in [0.15, 0.2) is 0 Å². The maximum atomic E-state index is 13.8. The van der Waals surface area contributed by atoms with Gasteiger partial charge in [0.05, 0.1) is 22.3 Å². The zero-order valence-corrected chi connectivity index (χ0v) is 18.6. The number of fused-ring (bicyclic) bond motifs is 3. The van der Waals surface area contributed by atoms with Crippen LogP contribution in [0, 0.1) is 0 Å². The SMILES string of the molecule is O=C(Nc1cccc2cccnc12)[C@H](Cc1c[nH]c2ccccc12)N1C(=O)c2ccccc2C1=O. The lowest BCUT2D eigenvalue weighted by molar-refractivity contribution is -0.119. The number of anilines is 1. The molecule has 0 saturated carbocycles. The molecule has 0 fully saturated rings. The Morgan fingerprint density at radius 3 is 2.40 bits per heavy atom. The number of aromatic nitrogens is 2. The second-order valence-electron chi connectivity index (χ2n) is 8.48. The van der Waals surface area contributed by atoms with Crippen LogP contribution < -0.4 is 5.32 Å². The van der Waals surface area contributed by atoms with Crippen LogP contribution in [0.4, 0.5) is 5.69 Å². The molecule has 0 unspecified atom stereocenters. The second kappa shape index (κ2) is 8.22. The van der Waals surface area contributed by atoms with Crippen molar-refractivity contribution in [3.63, 3.8) is 0 Å². The van der Waals surface area contributed by atoms with Gasteiger partial charge < -0.3 is 10.3 Å². The molecule has 0 saturated heterocycles. The summed E-state index contributed by atoms with van der Waals surface area (Å²) in [5, 5.41) is 4.75. The van der Waals surface area contributed by atoms with Crippen molar-refractivity contribution in [1.29, 1.82) is 0 Å². The van der Waals surface area contributed by atoms with Gasteiger partial charge in [-0.3, -0.25) is 24.3 Å². The molecule has 2 aromatic heterocycles. The number of nitrogens with zero attached hydrogens (tertiary/aromatic N) is 2. The Kier molecular flexibility index (Phi) is 4.88. The van der Waals surface area contributed by atoms with Crippen molar-refractivity contribution < 1.29 is 14.4 Å². The predicted octanol–water partition coefficient (Wildman–Crippen LogP) is 4.56. The molecule has 0 radical (unpaired) electrons. The van der Waals surface area contributed by atoms with E-state index in [0.717, 1.165) is 26.8 Å². The van der Waals surface area contributed by atoms with Gasteiger partial charge in [-0.1, -0.05) is 48.5 Å². The standard InChI is InChI=1S/C28H20N4O3/c33-26(31-23-13-5-7-17-8-6-14-29-25(17)23)24(15-18-16-30-22-12-4-3-9-19(18)22)32-27(34)20-10-1-2-11-21(20)28(32)35/h1-14,16,24,30H,15H2,(H,31,33)/t24-/m0/s1. The molecule has 0 bridgehead atoms. The van der Waals surface area contributed by atoms with Gasteiger partial charge in [-0.25, -0.2) is 0 Å². The normalized spacial score (nSPS) is 13.9. The largest absolute Gasteiger partial charge is 0.361 e. The number of pyridine rings is 1. The number of para-hydroxylation sites is 2. The van der Waals surface area contributed by atoms with E-state index in [1.54, 1.807) is 36.5 Å². The summed E-state index contributed by atoms with van der Waals surface area (Å²) < 4.78 is 0. The zero-order valence-electron chi connectivity index (χ0n) is 18.6. The van der Waals surface area contributed by atoms with Gasteiger partial charge in [0.2, 0.25) is 5.91 Å². The summed E-state index contributed by atoms with van der Waals surface area (Å²) in [5.41, 5.74) is 3.53. The highest BCUT2D eigenvalue weighted by Gasteiger charge is 2.43. The summed E-state index contributed by atoms with van der Waals surface area (Å²) in [6.07, 6.45) is 3.65. The molecule has 5 aromatic rings. The van der Waals surface area contributed by atoms with Crippen molar-refractivity contribution in [2.45, 2.75) is 12.5 Å². The molecule has 35 heavy (non-hydrogen) atoms. The fraction of sp³-hybridized carbons (Fsp3) is 0.0714. The van der Waals surface area contributed by atoms with Crippen LogP contribution in [-0.4, -0.2) is 38.6 Å². The van der Waals surface area contributed by atoms with Crippen molar-refractivity contribution in [2.75, 3.05) is 5.32 Å². The van der Waals surface area contributed by atoms with Gasteiger partial charge in [0.1, 0.15) is 6.04 Å². The highest BCUT2D eigenvalue weighted by atomic mass is 16.2. The number of hydrogen-bond donors (Lipinski definition) is 2. The lowest BCUT2D eigenvalue weighted by atomic mass is 10.0. The smallest absolute Gasteiger partial charge is 0.262 e. The molecule has 2 N–H and O–H groups in total. The van der Waals surface area contributed by atoms with Crippen LogP contribution in [0.15, 0.2) is 91.3 Å². The minimum Gasteiger partial charge on any atom is -0.361 e. The minimum atomic E-state index is -1.06.